The number of aromatic carboxylic acids is 1. The number of rotatable bonds is 5. The van der Waals surface area contributed by atoms with Gasteiger partial charge in [0.05, 0.1) is 19.8 Å². The third kappa shape index (κ3) is 3.90. The molecule has 0 radical (unpaired) electrons. The van der Waals surface area contributed by atoms with Gasteiger partial charge in [0.2, 0.25) is 0 Å². The molecule has 0 saturated heterocycles. The maximum absolute atomic E-state index is 12.9. The molecule has 0 aliphatic rings. The lowest BCUT2D eigenvalue weighted by atomic mass is 10.1. The van der Waals surface area contributed by atoms with Crippen molar-refractivity contribution < 1.29 is 19.8 Å². The van der Waals surface area contributed by atoms with E-state index in [1.165, 1.54) is 29.7 Å². The maximum Gasteiger partial charge on any atom is 0.345 e. The highest BCUT2D eigenvalue weighted by Gasteiger charge is 2.25. The lowest BCUT2D eigenvalue weighted by Crippen LogP contribution is -2.24. The molecule has 0 bridgehead atoms. The van der Waals surface area contributed by atoms with Crippen LogP contribution in [0.1, 0.15) is 26.3 Å². The average Bonchev–Trinajstić information content (AvgIpc) is 3.29. The van der Waals surface area contributed by atoms with Gasteiger partial charge in [-0.15, -0.1) is 22.7 Å². The van der Waals surface area contributed by atoms with Crippen LogP contribution in [0.3, 0.4) is 0 Å². The molecule has 0 spiro atoms. The number of benzene rings is 1. The first kappa shape index (κ1) is 20.3. The van der Waals surface area contributed by atoms with Crippen LogP contribution in [0.5, 0.6) is 5.75 Å². The second kappa shape index (κ2) is 8.32. The van der Waals surface area contributed by atoms with E-state index in [1.54, 1.807) is 30.5 Å². The first-order valence-electron chi connectivity index (χ1n) is 7.75. The van der Waals surface area contributed by atoms with E-state index in [2.05, 4.69) is 5.10 Å². The van der Waals surface area contributed by atoms with Crippen LogP contribution in [0.25, 0.3) is 10.4 Å². The Kier molecular flexibility index (Phi) is 6.04. The van der Waals surface area contributed by atoms with Crippen LogP contribution in [0.2, 0.25) is 10.0 Å². The number of nitrogens with zero attached hydrogens (tertiary/aromatic N) is 2. The van der Waals surface area contributed by atoms with E-state index in [9.17, 15) is 14.7 Å². The number of halogens is 2. The van der Waals surface area contributed by atoms with Crippen LogP contribution in [-0.4, -0.2) is 28.3 Å². The number of carboxylic acids is 1. The molecule has 2 heterocycles. The number of carbonyl (C=O) groups is 2. The lowest BCUT2D eigenvalue weighted by molar-refractivity contribution is 0.0702. The van der Waals surface area contributed by atoms with Gasteiger partial charge >= 0.3 is 5.97 Å². The van der Waals surface area contributed by atoms with E-state index in [1.807, 2.05) is 0 Å². The standard InChI is InChI=1S/C18H12Cl2N2O4S2/c1-2-21-22(17(24)13-5-6-14(28-13)18(25)26)12-8-27-16(15(12)23)9-3-4-10(19)11(20)7-9/h2-8,23H,1H3,(H,25,26). The van der Waals surface area contributed by atoms with Crippen LogP contribution in [0.15, 0.2) is 40.8 Å². The van der Waals surface area contributed by atoms with Crippen molar-refractivity contribution in [3.8, 4) is 16.2 Å². The molecule has 2 aromatic heterocycles. The van der Waals surface area contributed by atoms with Crippen molar-refractivity contribution in [3.63, 3.8) is 0 Å². The maximum atomic E-state index is 12.9. The number of carboxylic acid groups (broad SMARTS) is 1. The Hall–Kier alpha value is -2.39. The third-order valence-corrected chi connectivity index (χ3v) is 6.41. The molecule has 3 aromatic rings. The zero-order valence-electron chi connectivity index (χ0n) is 14.2. The van der Waals surface area contributed by atoms with Crippen molar-refractivity contribution in [2.75, 3.05) is 5.01 Å². The molecule has 0 saturated carbocycles. The Morgan fingerprint density at radius 2 is 1.86 bits per heavy atom. The van der Waals surface area contributed by atoms with Crippen LogP contribution >= 0.6 is 45.9 Å². The van der Waals surface area contributed by atoms with Gasteiger partial charge in [0.15, 0.2) is 5.75 Å². The molecule has 6 nitrogen and oxygen atoms in total. The Morgan fingerprint density at radius 1 is 1.14 bits per heavy atom. The summed E-state index contributed by atoms with van der Waals surface area (Å²) in [6, 6.07) is 7.70. The van der Waals surface area contributed by atoms with Crippen LogP contribution in [-0.2, 0) is 0 Å². The molecule has 10 heteroatoms. The summed E-state index contributed by atoms with van der Waals surface area (Å²) >= 11 is 14.0. The second-order valence-electron chi connectivity index (χ2n) is 5.39. The van der Waals surface area contributed by atoms with E-state index in [0.29, 0.717) is 20.5 Å². The molecule has 1 amide bonds. The molecule has 0 unspecified atom stereocenters. The molecular weight excluding hydrogens is 443 g/mol. The number of hydrogen-bond acceptors (Lipinski definition) is 6. The Bertz CT molecular complexity index is 1090. The van der Waals surface area contributed by atoms with E-state index in [0.717, 1.165) is 16.3 Å². The highest BCUT2D eigenvalue weighted by atomic mass is 35.5. The smallest absolute Gasteiger partial charge is 0.345 e. The lowest BCUT2D eigenvalue weighted by Gasteiger charge is -2.15. The fourth-order valence-electron chi connectivity index (χ4n) is 2.35. The first-order chi connectivity index (χ1) is 13.3. The monoisotopic (exact) mass is 454 g/mol. The minimum absolute atomic E-state index is 0.0369. The zero-order chi connectivity index (χ0) is 20.4. The van der Waals surface area contributed by atoms with Gasteiger partial charge in [-0.1, -0.05) is 29.3 Å². The fraction of sp³-hybridized carbons (Fsp3) is 0.0556. The summed E-state index contributed by atoms with van der Waals surface area (Å²) in [7, 11) is 0. The van der Waals surface area contributed by atoms with E-state index in [4.69, 9.17) is 28.3 Å². The van der Waals surface area contributed by atoms with E-state index < -0.39 is 11.9 Å². The number of anilines is 1. The average molecular weight is 455 g/mol. The van der Waals surface area contributed by atoms with Gasteiger partial charge in [0, 0.05) is 11.6 Å². The van der Waals surface area contributed by atoms with Crippen LogP contribution < -0.4 is 5.01 Å². The van der Waals surface area contributed by atoms with Crippen LogP contribution in [0.4, 0.5) is 5.69 Å². The Morgan fingerprint density at radius 3 is 2.46 bits per heavy atom. The van der Waals surface area contributed by atoms with Gasteiger partial charge < -0.3 is 10.2 Å². The summed E-state index contributed by atoms with van der Waals surface area (Å²) in [6.07, 6.45) is 1.40. The Labute approximate surface area is 177 Å². The van der Waals surface area contributed by atoms with Gasteiger partial charge in [0.25, 0.3) is 5.91 Å². The SMILES string of the molecule is CC=NN(C(=O)c1ccc(C(=O)O)s1)c1csc(-c2ccc(Cl)c(Cl)c2)c1O. The Balaban J connectivity index is 2.01. The number of aromatic hydroxyl groups is 1. The predicted molar refractivity (Wildman–Crippen MR) is 114 cm³/mol. The van der Waals surface area contributed by atoms with Gasteiger partial charge in [-0.2, -0.15) is 10.1 Å². The van der Waals surface area contributed by atoms with Gasteiger partial charge in [-0.25, -0.2) is 4.79 Å². The minimum atomic E-state index is -1.12. The molecule has 0 atom stereocenters. The summed E-state index contributed by atoms with van der Waals surface area (Å²) in [5.41, 5.74) is 0.819. The minimum Gasteiger partial charge on any atom is -0.504 e. The quantitative estimate of drug-likeness (QED) is 0.374. The molecule has 0 fully saturated rings. The number of carbonyl (C=O) groups excluding carboxylic acids is 1. The highest BCUT2D eigenvalue weighted by Crippen LogP contribution is 2.45. The summed E-state index contributed by atoms with van der Waals surface area (Å²) in [5.74, 6) is -1.81. The largest absolute Gasteiger partial charge is 0.504 e. The molecule has 28 heavy (non-hydrogen) atoms. The van der Waals surface area contributed by atoms with E-state index >= 15 is 0 Å². The summed E-state index contributed by atoms with van der Waals surface area (Å²) in [4.78, 5) is 24.6. The van der Waals surface area contributed by atoms with Crippen molar-refractivity contribution >= 4 is 69.7 Å². The normalized spacial score (nSPS) is 11.1. The molecule has 2 N–H and O–H groups in total. The summed E-state index contributed by atoms with van der Waals surface area (Å²) in [6.45, 7) is 1.63. The molecule has 144 valence electrons. The fourth-order valence-corrected chi connectivity index (χ4v) is 4.34. The molecule has 0 aliphatic heterocycles. The number of thiophene rings is 2. The highest BCUT2D eigenvalue weighted by molar-refractivity contribution is 7.16. The third-order valence-electron chi connectivity index (χ3n) is 3.61. The molecule has 1 aromatic carbocycles. The van der Waals surface area contributed by atoms with Gasteiger partial charge in [-0.3, -0.25) is 4.79 Å². The molecule has 0 aliphatic carbocycles. The van der Waals surface area contributed by atoms with Crippen molar-refractivity contribution in [1.82, 2.24) is 0 Å². The van der Waals surface area contributed by atoms with Gasteiger partial charge in [0.1, 0.15) is 10.6 Å². The van der Waals surface area contributed by atoms with Crippen molar-refractivity contribution in [2.24, 2.45) is 5.10 Å². The van der Waals surface area contributed by atoms with Gasteiger partial charge in [-0.05, 0) is 36.8 Å². The second-order valence-corrected chi connectivity index (χ2v) is 8.17. The number of hydrogen-bond donors (Lipinski definition) is 2. The predicted octanol–water partition coefficient (Wildman–Crippen LogP) is 5.84. The van der Waals surface area contributed by atoms with Crippen molar-refractivity contribution in [2.45, 2.75) is 6.92 Å². The van der Waals surface area contributed by atoms with Crippen molar-refractivity contribution in [3.05, 3.63) is 55.5 Å². The summed E-state index contributed by atoms with van der Waals surface area (Å²) in [5, 5.41) is 27.1. The molecular formula is C18H12Cl2N2O4S2. The topological polar surface area (TPSA) is 90.2 Å². The summed E-state index contributed by atoms with van der Waals surface area (Å²) < 4.78 is 0. The zero-order valence-corrected chi connectivity index (χ0v) is 17.4. The molecule has 3 rings (SSSR count). The first-order valence-corrected chi connectivity index (χ1v) is 10.2. The van der Waals surface area contributed by atoms with Crippen molar-refractivity contribution in [1.29, 1.82) is 0 Å². The van der Waals surface area contributed by atoms with Crippen LogP contribution in [0, 0.1) is 0 Å². The number of hydrazone groups is 1. The number of amides is 1. The van der Waals surface area contributed by atoms with E-state index in [-0.39, 0.29) is 21.2 Å².